The van der Waals surface area contributed by atoms with Crippen molar-refractivity contribution in [2.75, 3.05) is 23.3 Å². The molecule has 114 valence electrons. The van der Waals surface area contributed by atoms with Crippen molar-refractivity contribution in [2.45, 2.75) is 20.3 Å². The van der Waals surface area contributed by atoms with Gasteiger partial charge in [-0.15, -0.1) is 0 Å². The van der Waals surface area contributed by atoms with Crippen molar-refractivity contribution < 1.29 is 4.79 Å². The van der Waals surface area contributed by atoms with Crippen molar-refractivity contribution in [1.82, 2.24) is 0 Å². The molecule has 22 heavy (non-hydrogen) atoms. The Balaban J connectivity index is 2.24. The van der Waals surface area contributed by atoms with E-state index in [1.54, 1.807) is 0 Å². The van der Waals surface area contributed by atoms with Gasteiger partial charge in [0.15, 0.2) is 0 Å². The predicted octanol–water partition coefficient (Wildman–Crippen LogP) is 3.36. The van der Waals surface area contributed by atoms with Crippen LogP contribution in [0.5, 0.6) is 0 Å². The van der Waals surface area contributed by atoms with E-state index in [4.69, 9.17) is 5.73 Å². The molecule has 4 nitrogen and oxygen atoms in total. The van der Waals surface area contributed by atoms with Crippen LogP contribution >= 0.6 is 0 Å². The number of para-hydroxylation sites is 1. The Hall–Kier alpha value is -2.33. The number of anilines is 3. The van der Waals surface area contributed by atoms with E-state index in [1.807, 2.05) is 36.4 Å². The molecule has 1 amide bonds. The molecule has 0 unspecified atom stereocenters. The lowest BCUT2D eigenvalue weighted by atomic mass is 10.0. The maximum absolute atomic E-state index is 12.5. The second-order valence-corrected chi connectivity index (χ2v) is 5.67. The van der Waals surface area contributed by atoms with E-state index in [1.165, 1.54) is 11.1 Å². The van der Waals surface area contributed by atoms with Crippen LogP contribution in [0.3, 0.4) is 0 Å². The molecule has 0 saturated carbocycles. The number of amides is 1. The smallest absolute Gasteiger partial charge is 0.257 e. The SMILES string of the molecule is Cc1ccc2c(c1C)N(CCCN)c1ccccc1C(=O)N2. The summed E-state index contributed by atoms with van der Waals surface area (Å²) in [5.74, 6) is -0.0599. The van der Waals surface area contributed by atoms with E-state index < -0.39 is 0 Å². The van der Waals surface area contributed by atoms with Gasteiger partial charge in [0.25, 0.3) is 5.91 Å². The third-order valence-corrected chi connectivity index (χ3v) is 4.25. The molecule has 1 aliphatic heterocycles. The van der Waals surface area contributed by atoms with Crippen LogP contribution < -0.4 is 16.0 Å². The van der Waals surface area contributed by atoms with Gasteiger partial charge in [-0.25, -0.2) is 0 Å². The van der Waals surface area contributed by atoms with Crippen molar-refractivity contribution in [2.24, 2.45) is 5.73 Å². The number of nitrogens with two attached hydrogens (primary N) is 1. The number of fused-ring (bicyclic) bond motifs is 2. The Kier molecular flexibility index (Phi) is 3.86. The van der Waals surface area contributed by atoms with E-state index >= 15 is 0 Å². The van der Waals surface area contributed by atoms with Crippen molar-refractivity contribution in [3.05, 3.63) is 53.1 Å². The molecule has 1 aliphatic rings. The minimum absolute atomic E-state index is 0.0599. The van der Waals surface area contributed by atoms with E-state index in [9.17, 15) is 4.79 Å². The second-order valence-electron chi connectivity index (χ2n) is 5.67. The van der Waals surface area contributed by atoms with Crippen LogP contribution in [0.15, 0.2) is 36.4 Å². The van der Waals surface area contributed by atoms with Gasteiger partial charge in [0, 0.05) is 6.54 Å². The molecule has 3 rings (SSSR count). The summed E-state index contributed by atoms with van der Waals surface area (Å²) in [4.78, 5) is 14.7. The Labute approximate surface area is 130 Å². The number of hydrogen-bond donors (Lipinski definition) is 2. The van der Waals surface area contributed by atoms with Gasteiger partial charge in [0.05, 0.1) is 22.6 Å². The van der Waals surface area contributed by atoms with Gasteiger partial charge >= 0.3 is 0 Å². The topological polar surface area (TPSA) is 58.4 Å². The molecule has 0 fully saturated rings. The number of carbonyl (C=O) groups is 1. The van der Waals surface area contributed by atoms with Crippen LogP contribution in [0.25, 0.3) is 0 Å². The normalized spacial score (nSPS) is 13.2. The first-order valence-corrected chi connectivity index (χ1v) is 7.61. The van der Waals surface area contributed by atoms with E-state index in [0.717, 1.165) is 30.0 Å². The van der Waals surface area contributed by atoms with Crippen molar-refractivity contribution >= 4 is 23.0 Å². The minimum atomic E-state index is -0.0599. The Bertz CT molecular complexity index is 724. The monoisotopic (exact) mass is 295 g/mol. The maximum atomic E-state index is 12.5. The first-order chi connectivity index (χ1) is 10.6. The van der Waals surface area contributed by atoms with Crippen LogP contribution in [0.1, 0.15) is 27.9 Å². The van der Waals surface area contributed by atoms with Crippen LogP contribution in [-0.4, -0.2) is 19.0 Å². The highest BCUT2D eigenvalue weighted by Gasteiger charge is 2.26. The highest BCUT2D eigenvalue weighted by atomic mass is 16.1. The number of nitrogens with zero attached hydrogens (tertiary/aromatic N) is 1. The molecule has 0 atom stereocenters. The molecule has 2 aromatic carbocycles. The lowest BCUT2D eigenvalue weighted by Crippen LogP contribution is -2.22. The zero-order valence-corrected chi connectivity index (χ0v) is 13.0. The summed E-state index contributed by atoms with van der Waals surface area (Å²) >= 11 is 0. The van der Waals surface area contributed by atoms with Crippen LogP contribution in [0, 0.1) is 13.8 Å². The summed E-state index contributed by atoms with van der Waals surface area (Å²) in [7, 11) is 0. The molecular weight excluding hydrogens is 274 g/mol. The molecule has 0 spiro atoms. The third kappa shape index (κ3) is 2.35. The quantitative estimate of drug-likeness (QED) is 0.913. The first kappa shape index (κ1) is 14.6. The van der Waals surface area contributed by atoms with Gasteiger partial charge in [-0.05, 0) is 56.1 Å². The zero-order chi connectivity index (χ0) is 15.7. The zero-order valence-electron chi connectivity index (χ0n) is 13.0. The number of nitrogens with one attached hydrogen (secondary N) is 1. The number of aryl methyl sites for hydroxylation is 1. The van der Waals surface area contributed by atoms with Crippen LogP contribution in [0.2, 0.25) is 0 Å². The van der Waals surface area contributed by atoms with Crippen LogP contribution in [0.4, 0.5) is 17.1 Å². The number of benzene rings is 2. The summed E-state index contributed by atoms with van der Waals surface area (Å²) in [6, 6.07) is 11.8. The summed E-state index contributed by atoms with van der Waals surface area (Å²) in [5, 5.41) is 3.04. The second kappa shape index (κ2) is 5.81. The van der Waals surface area contributed by atoms with Gasteiger partial charge in [-0.2, -0.15) is 0 Å². The van der Waals surface area contributed by atoms with Gasteiger partial charge in [0.1, 0.15) is 0 Å². The Morgan fingerprint density at radius 1 is 1.14 bits per heavy atom. The van der Waals surface area contributed by atoms with Gasteiger partial charge in [-0.3, -0.25) is 4.79 Å². The molecule has 0 aromatic heterocycles. The fourth-order valence-corrected chi connectivity index (χ4v) is 2.94. The lowest BCUT2D eigenvalue weighted by molar-refractivity contribution is 0.102. The molecule has 0 aliphatic carbocycles. The molecular formula is C18H21N3O. The summed E-state index contributed by atoms with van der Waals surface area (Å²) in [6.45, 7) is 5.61. The van der Waals surface area contributed by atoms with E-state index in [2.05, 4.69) is 24.1 Å². The first-order valence-electron chi connectivity index (χ1n) is 7.61. The molecule has 0 radical (unpaired) electrons. The van der Waals surface area contributed by atoms with Crippen molar-refractivity contribution in [3.63, 3.8) is 0 Å². The molecule has 2 aromatic rings. The highest BCUT2D eigenvalue weighted by Crippen LogP contribution is 2.40. The maximum Gasteiger partial charge on any atom is 0.257 e. The lowest BCUT2D eigenvalue weighted by Gasteiger charge is -2.28. The molecule has 3 N–H and O–H groups in total. The minimum Gasteiger partial charge on any atom is -0.339 e. The van der Waals surface area contributed by atoms with E-state index in [-0.39, 0.29) is 5.91 Å². The molecule has 4 heteroatoms. The predicted molar refractivity (Wildman–Crippen MR) is 91.0 cm³/mol. The number of carbonyl (C=O) groups excluding carboxylic acids is 1. The Morgan fingerprint density at radius 2 is 1.91 bits per heavy atom. The van der Waals surface area contributed by atoms with E-state index in [0.29, 0.717) is 12.1 Å². The standard InChI is InChI=1S/C18H21N3O/c1-12-8-9-15-17(13(12)2)21(11-5-10-19)16-7-4-3-6-14(16)18(22)20-15/h3-4,6-9H,5,10-11,19H2,1-2H3,(H,20,22). The number of rotatable bonds is 3. The Morgan fingerprint density at radius 3 is 2.68 bits per heavy atom. The highest BCUT2D eigenvalue weighted by molar-refractivity contribution is 6.12. The third-order valence-electron chi connectivity index (χ3n) is 4.25. The summed E-state index contributed by atoms with van der Waals surface area (Å²) < 4.78 is 0. The average Bonchev–Trinajstić information content (AvgIpc) is 2.65. The largest absolute Gasteiger partial charge is 0.339 e. The van der Waals surface area contributed by atoms with Gasteiger partial charge in [-0.1, -0.05) is 18.2 Å². The van der Waals surface area contributed by atoms with Gasteiger partial charge < -0.3 is 16.0 Å². The fraction of sp³-hybridized carbons (Fsp3) is 0.278. The molecule has 0 saturated heterocycles. The van der Waals surface area contributed by atoms with Crippen molar-refractivity contribution in [3.8, 4) is 0 Å². The average molecular weight is 295 g/mol. The molecule has 0 bridgehead atoms. The fourth-order valence-electron chi connectivity index (χ4n) is 2.94. The summed E-state index contributed by atoms with van der Waals surface area (Å²) in [6.07, 6.45) is 0.870. The van der Waals surface area contributed by atoms with Crippen LogP contribution in [-0.2, 0) is 0 Å². The molecule has 1 heterocycles. The summed E-state index contributed by atoms with van der Waals surface area (Å²) in [5.41, 5.74) is 11.7. The number of hydrogen-bond acceptors (Lipinski definition) is 3. The van der Waals surface area contributed by atoms with Gasteiger partial charge in [0.2, 0.25) is 0 Å². The van der Waals surface area contributed by atoms with Crippen molar-refractivity contribution in [1.29, 1.82) is 0 Å².